The zero-order chi connectivity index (χ0) is 12.1. The third kappa shape index (κ3) is 3.00. The van der Waals surface area contributed by atoms with E-state index in [2.05, 4.69) is 6.58 Å². The molecule has 0 heterocycles. The summed E-state index contributed by atoms with van der Waals surface area (Å²) in [5.74, 6) is 1.52. The van der Waals surface area contributed by atoms with Gasteiger partial charge in [-0.15, -0.1) is 6.58 Å². The van der Waals surface area contributed by atoms with Gasteiger partial charge in [0, 0.05) is 17.7 Å². The van der Waals surface area contributed by atoms with Crippen LogP contribution in [0, 0.1) is 0 Å². The summed E-state index contributed by atoms with van der Waals surface area (Å²) in [7, 11) is 3.26. The Hall–Kier alpha value is -1.48. The molecular weight excluding hydrogens is 202 g/mol. The second kappa shape index (κ2) is 5.56. The van der Waals surface area contributed by atoms with Crippen molar-refractivity contribution < 1.29 is 9.47 Å². The lowest BCUT2D eigenvalue weighted by atomic mass is 10.00. The van der Waals surface area contributed by atoms with Gasteiger partial charge in [0.05, 0.1) is 14.2 Å². The molecule has 2 N–H and O–H groups in total. The monoisotopic (exact) mass is 221 g/mol. The lowest BCUT2D eigenvalue weighted by Crippen LogP contribution is -2.11. The number of benzene rings is 1. The maximum atomic E-state index is 6.08. The summed E-state index contributed by atoms with van der Waals surface area (Å²) in [6.07, 6.45) is 0.753. The minimum absolute atomic E-state index is 0.0849. The predicted octanol–water partition coefficient (Wildman–Crippen LogP) is 2.67. The summed E-state index contributed by atoms with van der Waals surface area (Å²) in [4.78, 5) is 0. The Kier molecular flexibility index (Phi) is 4.38. The molecule has 0 radical (unpaired) electrons. The minimum Gasteiger partial charge on any atom is -0.497 e. The fraction of sp³-hybridized carbons (Fsp3) is 0.385. The van der Waals surface area contributed by atoms with E-state index < -0.39 is 0 Å². The SMILES string of the molecule is C=C(C)C[C@@H](N)c1ccc(OC)cc1OC. The largest absolute Gasteiger partial charge is 0.497 e. The second-order valence-electron chi connectivity index (χ2n) is 3.88. The van der Waals surface area contributed by atoms with Gasteiger partial charge in [0.2, 0.25) is 0 Å². The van der Waals surface area contributed by atoms with Gasteiger partial charge in [0.1, 0.15) is 11.5 Å². The van der Waals surface area contributed by atoms with Crippen LogP contribution in [0.3, 0.4) is 0 Å². The zero-order valence-electron chi connectivity index (χ0n) is 10.1. The number of methoxy groups -OCH3 is 2. The van der Waals surface area contributed by atoms with Gasteiger partial charge in [-0.2, -0.15) is 0 Å². The van der Waals surface area contributed by atoms with Crippen molar-refractivity contribution in [2.75, 3.05) is 14.2 Å². The molecular formula is C13H19NO2. The van der Waals surface area contributed by atoms with Crippen LogP contribution in [-0.4, -0.2) is 14.2 Å². The molecule has 0 saturated heterocycles. The van der Waals surface area contributed by atoms with E-state index in [0.717, 1.165) is 29.1 Å². The number of nitrogens with two attached hydrogens (primary N) is 1. The van der Waals surface area contributed by atoms with Crippen molar-refractivity contribution in [3.05, 3.63) is 35.9 Å². The smallest absolute Gasteiger partial charge is 0.127 e. The molecule has 88 valence electrons. The summed E-state index contributed by atoms with van der Waals surface area (Å²) >= 11 is 0. The van der Waals surface area contributed by atoms with Crippen LogP contribution in [0.25, 0.3) is 0 Å². The van der Waals surface area contributed by atoms with Crippen LogP contribution in [0.4, 0.5) is 0 Å². The third-order valence-corrected chi connectivity index (χ3v) is 2.41. The highest BCUT2D eigenvalue weighted by molar-refractivity contribution is 5.42. The summed E-state index contributed by atoms with van der Waals surface area (Å²) in [5, 5.41) is 0. The van der Waals surface area contributed by atoms with Crippen LogP contribution in [0.1, 0.15) is 24.9 Å². The van der Waals surface area contributed by atoms with Crippen molar-refractivity contribution in [3.8, 4) is 11.5 Å². The number of hydrogen-bond acceptors (Lipinski definition) is 3. The van der Waals surface area contributed by atoms with E-state index in [1.807, 2.05) is 25.1 Å². The second-order valence-corrected chi connectivity index (χ2v) is 3.88. The maximum Gasteiger partial charge on any atom is 0.127 e. The average molecular weight is 221 g/mol. The van der Waals surface area contributed by atoms with Crippen LogP contribution >= 0.6 is 0 Å². The molecule has 0 aromatic heterocycles. The van der Waals surface area contributed by atoms with Crippen LogP contribution in [-0.2, 0) is 0 Å². The quantitative estimate of drug-likeness (QED) is 0.777. The van der Waals surface area contributed by atoms with E-state index in [0.29, 0.717) is 0 Å². The lowest BCUT2D eigenvalue weighted by Gasteiger charge is -2.16. The van der Waals surface area contributed by atoms with Gasteiger partial charge in [-0.1, -0.05) is 11.6 Å². The van der Waals surface area contributed by atoms with Crippen molar-refractivity contribution in [3.63, 3.8) is 0 Å². The molecule has 1 aromatic rings. The van der Waals surface area contributed by atoms with Crippen LogP contribution in [0.2, 0.25) is 0 Å². The van der Waals surface area contributed by atoms with Crippen molar-refractivity contribution in [2.24, 2.45) is 5.73 Å². The molecule has 3 heteroatoms. The number of ether oxygens (including phenoxy) is 2. The molecule has 0 unspecified atom stereocenters. The first-order valence-electron chi connectivity index (χ1n) is 5.20. The highest BCUT2D eigenvalue weighted by Crippen LogP contribution is 2.30. The molecule has 0 fully saturated rings. The van der Waals surface area contributed by atoms with Crippen LogP contribution in [0.5, 0.6) is 11.5 Å². The van der Waals surface area contributed by atoms with Gasteiger partial charge in [-0.3, -0.25) is 0 Å². The molecule has 1 aromatic carbocycles. The van der Waals surface area contributed by atoms with E-state index in [-0.39, 0.29) is 6.04 Å². The van der Waals surface area contributed by atoms with E-state index in [1.54, 1.807) is 14.2 Å². The highest BCUT2D eigenvalue weighted by Gasteiger charge is 2.12. The first-order chi connectivity index (χ1) is 7.58. The Labute approximate surface area is 96.9 Å². The van der Waals surface area contributed by atoms with Gasteiger partial charge in [0.25, 0.3) is 0 Å². The van der Waals surface area contributed by atoms with Crippen molar-refractivity contribution in [2.45, 2.75) is 19.4 Å². The predicted molar refractivity (Wildman–Crippen MR) is 65.9 cm³/mol. The zero-order valence-corrected chi connectivity index (χ0v) is 10.1. The van der Waals surface area contributed by atoms with Gasteiger partial charge in [-0.05, 0) is 19.4 Å². The molecule has 0 aliphatic carbocycles. The number of hydrogen-bond donors (Lipinski definition) is 1. The third-order valence-electron chi connectivity index (χ3n) is 2.41. The van der Waals surface area contributed by atoms with Gasteiger partial charge >= 0.3 is 0 Å². The minimum atomic E-state index is -0.0849. The normalized spacial score (nSPS) is 12.0. The van der Waals surface area contributed by atoms with Gasteiger partial charge in [0.15, 0.2) is 0 Å². The molecule has 0 aliphatic heterocycles. The highest BCUT2D eigenvalue weighted by atomic mass is 16.5. The van der Waals surface area contributed by atoms with E-state index in [4.69, 9.17) is 15.2 Å². The first kappa shape index (κ1) is 12.6. The summed E-state index contributed by atoms with van der Waals surface area (Å²) in [5.41, 5.74) is 8.12. The molecule has 1 rings (SSSR count). The Balaban J connectivity index is 2.98. The Bertz CT molecular complexity index is 374. The molecule has 0 spiro atoms. The maximum absolute atomic E-state index is 6.08. The van der Waals surface area contributed by atoms with Crippen LogP contribution in [0.15, 0.2) is 30.4 Å². The molecule has 0 aliphatic rings. The molecule has 1 atom stereocenters. The fourth-order valence-electron chi connectivity index (χ4n) is 1.61. The lowest BCUT2D eigenvalue weighted by molar-refractivity contribution is 0.388. The van der Waals surface area contributed by atoms with Crippen molar-refractivity contribution >= 4 is 0 Å². The van der Waals surface area contributed by atoms with Crippen LogP contribution < -0.4 is 15.2 Å². The van der Waals surface area contributed by atoms with E-state index >= 15 is 0 Å². The Morgan fingerprint density at radius 1 is 1.38 bits per heavy atom. The molecule has 0 saturated carbocycles. The summed E-state index contributed by atoms with van der Waals surface area (Å²) < 4.78 is 10.4. The number of rotatable bonds is 5. The Morgan fingerprint density at radius 3 is 2.56 bits per heavy atom. The first-order valence-corrected chi connectivity index (χ1v) is 5.20. The van der Waals surface area contributed by atoms with Crippen molar-refractivity contribution in [1.29, 1.82) is 0 Å². The molecule has 0 amide bonds. The standard InChI is InChI=1S/C13H19NO2/c1-9(2)7-12(14)11-6-5-10(15-3)8-13(11)16-4/h5-6,8,12H,1,7,14H2,2-4H3/t12-/m1/s1. The Morgan fingerprint density at radius 2 is 2.06 bits per heavy atom. The van der Waals surface area contributed by atoms with E-state index in [9.17, 15) is 0 Å². The molecule has 3 nitrogen and oxygen atoms in total. The summed E-state index contributed by atoms with van der Waals surface area (Å²) in [6.45, 7) is 5.83. The topological polar surface area (TPSA) is 44.5 Å². The van der Waals surface area contributed by atoms with E-state index in [1.165, 1.54) is 0 Å². The van der Waals surface area contributed by atoms with Gasteiger partial charge in [-0.25, -0.2) is 0 Å². The van der Waals surface area contributed by atoms with Gasteiger partial charge < -0.3 is 15.2 Å². The average Bonchev–Trinajstić information content (AvgIpc) is 2.27. The van der Waals surface area contributed by atoms with Crippen molar-refractivity contribution in [1.82, 2.24) is 0 Å². The summed E-state index contributed by atoms with van der Waals surface area (Å²) in [6, 6.07) is 5.58. The fourth-order valence-corrected chi connectivity index (χ4v) is 1.61. The molecule has 16 heavy (non-hydrogen) atoms. The molecule has 0 bridgehead atoms.